The molecule has 1 aliphatic carbocycles. The summed E-state index contributed by atoms with van der Waals surface area (Å²) in [5.74, 6) is -0.424. The van der Waals surface area contributed by atoms with E-state index in [4.69, 9.17) is 0 Å². The van der Waals surface area contributed by atoms with Gasteiger partial charge in [-0.25, -0.2) is 8.42 Å². The van der Waals surface area contributed by atoms with Gasteiger partial charge < -0.3 is 10.2 Å². The molecule has 6 heteroatoms. The minimum absolute atomic E-state index is 0.226. The fourth-order valence-electron chi connectivity index (χ4n) is 3.42. The summed E-state index contributed by atoms with van der Waals surface area (Å²) in [5, 5.41) is 18.8. The van der Waals surface area contributed by atoms with Gasteiger partial charge in [0.25, 0.3) is 0 Å². The molecule has 24 heavy (non-hydrogen) atoms. The number of aliphatic hydroxyl groups is 2. The van der Waals surface area contributed by atoms with Crippen LogP contribution in [0.5, 0.6) is 0 Å². The zero-order valence-electron chi connectivity index (χ0n) is 13.2. The van der Waals surface area contributed by atoms with Crippen LogP contribution in [-0.2, 0) is 9.84 Å². The minimum atomic E-state index is -3.65. The Balaban J connectivity index is 2.04. The lowest BCUT2D eigenvalue weighted by Crippen LogP contribution is -2.23. The molecule has 128 valence electrons. The maximum Gasteiger partial charge on any atom is 0.182 e. The van der Waals surface area contributed by atoms with Crippen LogP contribution in [0.25, 0.3) is 0 Å². The Morgan fingerprint density at radius 2 is 1.54 bits per heavy atom. The molecule has 2 atom stereocenters. The Kier molecular flexibility index (Phi) is 4.59. The highest BCUT2D eigenvalue weighted by Gasteiger charge is 2.70. The third-order valence-corrected chi connectivity index (χ3v) is 7.75. The highest BCUT2D eigenvalue weighted by Crippen LogP contribution is 2.63. The summed E-state index contributed by atoms with van der Waals surface area (Å²) < 4.78 is 27.0. The lowest BCUT2D eigenvalue weighted by molar-refractivity contribution is 0.130. The summed E-state index contributed by atoms with van der Waals surface area (Å²) in [5.41, 5.74) is 0.740. The van der Waals surface area contributed by atoms with E-state index >= 15 is 0 Å². The van der Waals surface area contributed by atoms with Crippen molar-refractivity contribution >= 4 is 25.8 Å². The van der Waals surface area contributed by atoms with Gasteiger partial charge in [0.15, 0.2) is 9.84 Å². The molecule has 0 spiro atoms. The normalized spacial score (nSPS) is 22.3. The van der Waals surface area contributed by atoms with Crippen LogP contribution in [-0.4, -0.2) is 37.1 Å². The molecule has 1 aliphatic rings. The maximum atomic E-state index is 13.1. The van der Waals surface area contributed by atoms with Crippen molar-refractivity contribution in [1.82, 2.24) is 0 Å². The molecule has 4 nitrogen and oxygen atoms in total. The third-order valence-electron chi connectivity index (χ3n) is 4.88. The number of hydrogen-bond donors (Lipinski definition) is 2. The highest BCUT2D eigenvalue weighted by molar-refractivity contribution is 9.10. The quantitative estimate of drug-likeness (QED) is 0.794. The van der Waals surface area contributed by atoms with Crippen molar-refractivity contribution in [1.29, 1.82) is 0 Å². The van der Waals surface area contributed by atoms with E-state index in [2.05, 4.69) is 15.9 Å². The van der Waals surface area contributed by atoms with E-state index in [1.165, 1.54) is 0 Å². The van der Waals surface area contributed by atoms with E-state index in [0.29, 0.717) is 0 Å². The maximum absolute atomic E-state index is 13.1. The van der Waals surface area contributed by atoms with E-state index in [1.807, 2.05) is 31.2 Å². The van der Waals surface area contributed by atoms with Crippen LogP contribution in [0, 0.1) is 12.3 Å². The molecule has 0 bridgehead atoms. The summed E-state index contributed by atoms with van der Waals surface area (Å²) in [6, 6.07) is 14.0. The predicted molar refractivity (Wildman–Crippen MR) is 95.6 cm³/mol. The van der Waals surface area contributed by atoms with Gasteiger partial charge in [-0.05, 0) is 36.8 Å². The first-order valence-corrected chi connectivity index (χ1v) is 9.98. The number of halogens is 1. The first-order valence-electron chi connectivity index (χ1n) is 7.64. The van der Waals surface area contributed by atoms with Crippen molar-refractivity contribution in [3.8, 4) is 0 Å². The molecule has 2 aromatic rings. The van der Waals surface area contributed by atoms with E-state index in [1.54, 1.807) is 24.3 Å². The van der Waals surface area contributed by atoms with Gasteiger partial charge in [0, 0.05) is 15.8 Å². The number of hydrogen-bond acceptors (Lipinski definition) is 4. The van der Waals surface area contributed by atoms with Crippen molar-refractivity contribution in [3.05, 3.63) is 64.1 Å². The van der Waals surface area contributed by atoms with E-state index < -0.39 is 26.4 Å². The Morgan fingerprint density at radius 1 is 1.00 bits per heavy atom. The van der Waals surface area contributed by atoms with E-state index in [0.717, 1.165) is 15.6 Å². The summed E-state index contributed by atoms with van der Waals surface area (Å²) in [7, 11) is -3.65. The zero-order chi connectivity index (χ0) is 17.5. The number of aliphatic hydroxyl groups excluding tert-OH is 2. The summed E-state index contributed by atoms with van der Waals surface area (Å²) in [6.07, 6.45) is 0. The largest absolute Gasteiger partial charge is 0.396 e. The summed E-state index contributed by atoms with van der Waals surface area (Å²) in [4.78, 5) is 0.226. The van der Waals surface area contributed by atoms with Crippen LogP contribution in [0.4, 0.5) is 0 Å². The zero-order valence-corrected chi connectivity index (χ0v) is 15.6. The Morgan fingerprint density at radius 3 is 2.04 bits per heavy atom. The summed E-state index contributed by atoms with van der Waals surface area (Å²) in [6.45, 7) is 1.14. The number of rotatable bonds is 5. The fraction of sp³-hybridized carbons (Fsp3) is 0.333. The van der Waals surface area contributed by atoms with Gasteiger partial charge in [0.05, 0.1) is 23.4 Å². The average molecular weight is 411 g/mol. The second-order valence-electron chi connectivity index (χ2n) is 6.36. The topological polar surface area (TPSA) is 74.6 Å². The first kappa shape index (κ1) is 17.6. The molecular weight excluding hydrogens is 392 g/mol. The molecule has 1 fully saturated rings. The molecule has 0 aromatic heterocycles. The number of aryl methyl sites for hydroxylation is 1. The molecule has 0 amide bonds. The lowest BCUT2D eigenvalue weighted by atomic mass is 10.0. The molecule has 0 radical (unpaired) electrons. The minimum Gasteiger partial charge on any atom is -0.396 e. The van der Waals surface area contributed by atoms with Gasteiger partial charge in [0.2, 0.25) is 0 Å². The van der Waals surface area contributed by atoms with Gasteiger partial charge in [-0.1, -0.05) is 45.8 Å². The van der Waals surface area contributed by atoms with Crippen molar-refractivity contribution in [2.24, 2.45) is 5.41 Å². The van der Waals surface area contributed by atoms with Gasteiger partial charge >= 0.3 is 0 Å². The SMILES string of the molecule is Cc1ccc(S(=O)(=O)C2C(c3ccc(Br)cc3)C2(CO)CO)cc1. The van der Waals surface area contributed by atoms with E-state index in [-0.39, 0.29) is 18.1 Å². The van der Waals surface area contributed by atoms with Crippen molar-refractivity contribution < 1.29 is 18.6 Å². The molecule has 2 aromatic carbocycles. The smallest absolute Gasteiger partial charge is 0.182 e. The molecule has 3 rings (SSSR count). The monoisotopic (exact) mass is 410 g/mol. The summed E-state index contributed by atoms with van der Waals surface area (Å²) >= 11 is 3.36. The average Bonchev–Trinajstić information content (AvgIpc) is 3.26. The van der Waals surface area contributed by atoms with Crippen molar-refractivity contribution in [2.75, 3.05) is 13.2 Å². The Hall–Kier alpha value is -1.21. The van der Waals surface area contributed by atoms with Crippen molar-refractivity contribution in [2.45, 2.75) is 23.0 Å². The van der Waals surface area contributed by atoms with Crippen LogP contribution in [0.2, 0.25) is 0 Å². The highest BCUT2D eigenvalue weighted by atomic mass is 79.9. The second-order valence-corrected chi connectivity index (χ2v) is 9.34. The van der Waals surface area contributed by atoms with Gasteiger partial charge in [-0.3, -0.25) is 0 Å². The van der Waals surface area contributed by atoms with Gasteiger partial charge in [-0.15, -0.1) is 0 Å². The fourth-order valence-corrected chi connectivity index (χ4v) is 6.11. The Labute approximate surface area is 150 Å². The van der Waals surface area contributed by atoms with Gasteiger partial charge in [0.1, 0.15) is 0 Å². The molecule has 0 heterocycles. The molecule has 2 unspecified atom stereocenters. The number of benzene rings is 2. The van der Waals surface area contributed by atoms with E-state index in [9.17, 15) is 18.6 Å². The van der Waals surface area contributed by atoms with Crippen LogP contribution in [0.3, 0.4) is 0 Å². The van der Waals surface area contributed by atoms with Crippen LogP contribution >= 0.6 is 15.9 Å². The lowest BCUT2D eigenvalue weighted by Gasteiger charge is -2.11. The van der Waals surface area contributed by atoms with Crippen molar-refractivity contribution in [3.63, 3.8) is 0 Å². The molecule has 2 N–H and O–H groups in total. The predicted octanol–water partition coefficient (Wildman–Crippen LogP) is 2.67. The molecule has 0 saturated heterocycles. The third kappa shape index (κ3) is 2.71. The van der Waals surface area contributed by atoms with Crippen LogP contribution in [0.1, 0.15) is 17.0 Å². The second kappa shape index (κ2) is 6.26. The van der Waals surface area contributed by atoms with Crippen LogP contribution < -0.4 is 0 Å². The molecule has 0 aliphatic heterocycles. The molecule has 1 saturated carbocycles. The van der Waals surface area contributed by atoms with Crippen LogP contribution in [0.15, 0.2) is 57.9 Å². The number of sulfone groups is 1. The Bertz CT molecular complexity index is 824. The van der Waals surface area contributed by atoms with Gasteiger partial charge in [-0.2, -0.15) is 0 Å². The molecular formula is C18H19BrO4S. The standard InChI is InChI=1S/C18H19BrO4S/c1-12-2-8-15(9-3-12)24(22,23)17-16(18(17,10-20)11-21)13-4-6-14(19)7-5-13/h2-9,16-17,20-21H,10-11H2,1H3. The first-order chi connectivity index (χ1) is 11.4.